The number of unbranched alkanes of at least 4 members (excludes halogenated alkanes) is 1. The quantitative estimate of drug-likeness (QED) is 0.519. The average Bonchev–Trinajstić information content (AvgIpc) is 1.91. The van der Waals surface area contributed by atoms with Gasteiger partial charge in [-0.05, 0) is 6.42 Å². The first-order chi connectivity index (χ1) is 4.68. The summed E-state index contributed by atoms with van der Waals surface area (Å²) in [7, 11) is 0. The molecule has 0 unspecified atom stereocenters. The minimum Gasteiger partial charge on any atom is -0.480 e. The van der Waals surface area contributed by atoms with Crippen molar-refractivity contribution < 1.29 is 15.0 Å². The van der Waals surface area contributed by atoms with E-state index in [1.807, 2.05) is 0 Å². The van der Waals surface area contributed by atoms with Gasteiger partial charge in [0, 0.05) is 6.61 Å². The van der Waals surface area contributed by atoms with Crippen LogP contribution in [0.2, 0.25) is 0 Å². The monoisotopic (exact) mass is 149 g/mol. The number of hydrogen-bond donors (Lipinski definition) is 3. The summed E-state index contributed by atoms with van der Waals surface area (Å²) in [5.74, 6) is -0.968. The van der Waals surface area contributed by atoms with E-state index in [9.17, 15) is 4.79 Å². The van der Waals surface area contributed by atoms with Gasteiger partial charge in [0.1, 0.15) is 0 Å². The third kappa shape index (κ3) is 26.3. The van der Waals surface area contributed by atoms with Crippen LogP contribution in [0.4, 0.5) is 0 Å². The molecule has 4 heteroatoms. The second-order valence-electron chi connectivity index (χ2n) is 1.68. The summed E-state index contributed by atoms with van der Waals surface area (Å²) >= 11 is 0. The minimum atomic E-state index is -0.968. The molecular formula is C6H15NO3. The lowest BCUT2D eigenvalue weighted by molar-refractivity contribution is -0.135. The highest BCUT2D eigenvalue weighted by Crippen LogP contribution is 1.78. The van der Waals surface area contributed by atoms with Gasteiger partial charge in [-0.15, -0.1) is 0 Å². The number of carboxylic acids is 1. The number of aliphatic hydroxyl groups excluding tert-OH is 1. The molecule has 0 rings (SSSR count). The molecule has 0 aromatic heterocycles. The van der Waals surface area contributed by atoms with E-state index in [1.165, 1.54) is 0 Å². The van der Waals surface area contributed by atoms with Gasteiger partial charge in [-0.25, -0.2) is 0 Å². The fourth-order valence-corrected chi connectivity index (χ4v) is 0.158. The highest BCUT2D eigenvalue weighted by atomic mass is 16.4. The molecule has 0 spiro atoms. The zero-order valence-electron chi connectivity index (χ0n) is 6.21. The number of carbonyl (C=O) groups is 1. The molecule has 0 aromatic carbocycles. The Morgan fingerprint density at radius 3 is 2.00 bits per heavy atom. The minimum absolute atomic E-state index is 0.278. The summed E-state index contributed by atoms with van der Waals surface area (Å²) in [5, 5.41) is 15.7. The smallest absolute Gasteiger partial charge is 0.317 e. The number of nitrogens with two attached hydrogens (primary N) is 1. The van der Waals surface area contributed by atoms with Gasteiger partial charge in [0.15, 0.2) is 0 Å². The van der Waals surface area contributed by atoms with Gasteiger partial charge in [0.25, 0.3) is 0 Å². The summed E-state index contributed by atoms with van der Waals surface area (Å²) in [5.41, 5.74) is 4.57. The van der Waals surface area contributed by atoms with E-state index in [4.69, 9.17) is 10.2 Å². The van der Waals surface area contributed by atoms with E-state index in [1.54, 1.807) is 0 Å². The first kappa shape index (κ1) is 12.1. The highest BCUT2D eigenvalue weighted by molar-refractivity contribution is 5.68. The van der Waals surface area contributed by atoms with Crippen LogP contribution in [0.5, 0.6) is 0 Å². The molecule has 0 saturated carbocycles. The summed E-state index contributed by atoms with van der Waals surface area (Å²) in [6, 6.07) is 0. The number of rotatable bonds is 3. The normalized spacial score (nSPS) is 7.90. The zero-order valence-corrected chi connectivity index (χ0v) is 6.21. The summed E-state index contributed by atoms with van der Waals surface area (Å²) in [4.78, 5) is 9.24. The third-order valence-electron chi connectivity index (χ3n) is 0.686. The van der Waals surface area contributed by atoms with Gasteiger partial charge in [0.05, 0.1) is 6.54 Å². The van der Waals surface area contributed by atoms with E-state index in [0.717, 1.165) is 12.8 Å². The molecule has 0 aliphatic carbocycles. The zero-order chi connectivity index (χ0) is 8.41. The van der Waals surface area contributed by atoms with Crippen molar-refractivity contribution in [1.82, 2.24) is 0 Å². The van der Waals surface area contributed by atoms with Crippen LogP contribution in [0, 0.1) is 0 Å². The van der Waals surface area contributed by atoms with Crippen LogP contribution in [-0.4, -0.2) is 29.3 Å². The maximum absolute atomic E-state index is 9.24. The van der Waals surface area contributed by atoms with Crippen LogP contribution >= 0.6 is 0 Å². The van der Waals surface area contributed by atoms with E-state index >= 15 is 0 Å². The number of carboxylic acid groups (broad SMARTS) is 1. The van der Waals surface area contributed by atoms with Gasteiger partial charge in [0.2, 0.25) is 0 Å². The van der Waals surface area contributed by atoms with Crippen LogP contribution in [0.3, 0.4) is 0 Å². The molecule has 0 aromatic rings. The lowest BCUT2D eigenvalue weighted by Crippen LogP contribution is -2.10. The first-order valence-electron chi connectivity index (χ1n) is 3.21. The fraction of sp³-hybridized carbons (Fsp3) is 0.833. The van der Waals surface area contributed by atoms with Gasteiger partial charge >= 0.3 is 5.97 Å². The van der Waals surface area contributed by atoms with E-state index < -0.39 is 5.97 Å². The largest absolute Gasteiger partial charge is 0.480 e. The van der Waals surface area contributed by atoms with E-state index in [0.29, 0.717) is 6.61 Å². The SMILES string of the molecule is CCCCO.NCC(=O)O. The average molecular weight is 149 g/mol. The van der Waals surface area contributed by atoms with Crippen molar-refractivity contribution >= 4 is 5.97 Å². The van der Waals surface area contributed by atoms with Crippen molar-refractivity contribution in [2.75, 3.05) is 13.2 Å². The maximum atomic E-state index is 9.24. The molecule has 10 heavy (non-hydrogen) atoms. The second kappa shape index (κ2) is 11.2. The van der Waals surface area contributed by atoms with E-state index in [2.05, 4.69) is 12.7 Å². The van der Waals surface area contributed by atoms with Crippen molar-refractivity contribution in [2.24, 2.45) is 5.73 Å². The molecule has 0 aliphatic heterocycles. The lowest BCUT2D eigenvalue weighted by atomic mass is 10.4. The molecule has 0 aliphatic rings. The molecule has 62 valence electrons. The molecule has 0 radical (unpaired) electrons. The van der Waals surface area contributed by atoms with Crippen LogP contribution in [0.15, 0.2) is 0 Å². The van der Waals surface area contributed by atoms with Gasteiger partial charge < -0.3 is 15.9 Å². The van der Waals surface area contributed by atoms with Crippen molar-refractivity contribution in [3.8, 4) is 0 Å². The van der Waals surface area contributed by atoms with Crippen molar-refractivity contribution in [3.63, 3.8) is 0 Å². The maximum Gasteiger partial charge on any atom is 0.317 e. The molecule has 0 atom stereocenters. The van der Waals surface area contributed by atoms with Gasteiger partial charge in [-0.3, -0.25) is 4.79 Å². The lowest BCUT2D eigenvalue weighted by Gasteiger charge is -1.79. The summed E-state index contributed by atoms with van der Waals surface area (Å²) in [6.07, 6.45) is 2.04. The fourth-order valence-electron chi connectivity index (χ4n) is 0.158. The molecule has 0 saturated heterocycles. The van der Waals surface area contributed by atoms with Crippen LogP contribution in [-0.2, 0) is 4.79 Å². The van der Waals surface area contributed by atoms with Gasteiger partial charge in [-0.2, -0.15) is 0 Å². The van der Waals surface area contributed by atoms with Crippen LogP contribution in [0.25, 0.3) is 0 Å². The third-order valence-corrected chi connectivity index (χ3v) is 0.686. The highest BCUT2D eigenvalue weighted by Gasteiger charge is 1.81. The second-order valence-corrected chi connectivity index (χ2v) is 1.68. The van der Waals surface area contributed by atoms with Crippen molar-refractivity contribution in [3.05, 3.63) is 0 Å². The topological polar surface area (TPSA) is 83.5 Å². The Hall–Kier alpha value is -0.610. The Balaban J connectivity index is 0. The standard InChI is InChI=1S/C4H10O.C2H5NO2/c1-2-3-4-5;3-1-2(4)5/h5H,2-4H2,1H3;1,3H2,(H,4,5). The molecule has 0 fully saturated rings. The number of aliphatic hydroxyl groups is 1. The Morgan fingerprint density at radius 2 is 2.00 bits per heavy atom. The molecule has 0 amide bonds. The molecular weight excluding hydrogens is 134 g/mol. The van der Waals surface area contributed by atoms with Crippen LogP contribution < -0.4 is 5.73 Å². The molecule has 0 bridgehead atoms. The van der Waals surface area contributed by atoms with Crippen molar-refractivity contribution in [2.45, 2.75) is 19.8 Å². The molecule has 4 nitrogen and oxygen atoms in total. The Labute approximate surface area is 60.7 Å². The first-order valence-corrected chi connectivity index (χ1v) is 3.21. The van der Waals surface area contributed by atoms with Crippen molar-refractivity contribution in [1.29, 1.82) is 0 Å². The Morgan fingerprint density at radius 1 is 1.60 bits per heavy atom. The molecule has 0 heterocycles. The predicted octanol–water partition coefficient (Wildman–Crippen LogP) is -0.192. The predicted molar refractivity (Wildman–Crippen MR) is 38.7 cm³/mol. The summed E-state index contributed by atoms with van der Waals surface area (Å²) in [6.45, 7) is 2.12. The Bertz CT molecular complexity index is 73.4. The Kier molecular flexibility index (Phi) is 13.6. The van der Waals surface area contributed by atoms with Crippen LogP contribution in [0.1, 0.15) is 19.8 Å². The van der Waals surface area contributed by atoms with E-state index in [-0.39, 0.29) is 6.54 Å². The number of aliphatic carboxylic acids is 1. The number of hydrogen-bond acceptors (Lipinski definition) is 3. The van der Waals surface area contributed by atoms with Gasteiger partial charge in [-0.1, -0.05) is 13.3 Å². The summed E-state index contributed by atoms with van der Waals surface area (Å²) < 4.78 is 0. The molecule has 4 N–H and O–H groups in total.